The van der Waals surface area contributed by atoms with Gasteiger partial charge in [-0.05, 0) is 53.2 Å². The number of thioether (sulfide) groups is 1. The fraction of sp³-hybridized carbons (Fsp3) is 0.190. The lowest BCUT2D eigenvalue weighted by atomic mass is 10.1. The summed E-state index contributed by atoms with van der Waals surface area (Å²) < 4.78 is 18.0. The van der Waals surface area contributed by atoms with Gasteiger partial charge in [-0.25, -0.2) is 4.39 Å². The molecule has 0 aliphatic carbocycles. The van der Waals surface area contributed by atoms with Gasteiger partial charge in [-0.3, -0.25) is 19.3 Å². The van der Waals surface area contributed by atoms with Crippen molar-refractivity contribution >= 4 is 34.9 Å². The number of carbonyl (C=O) groups is 3. The van der Waals surface area contributed by atoms with Crippen LogP contribution < -0.4 is 5.32 Å². The fourth-order valence-electron chi connectivity index (χ4n) is 2.71. The van der Waals surface area contributed by atoms with E-state index >= 15 is 0 Å². The Morgan fingerprint density at radius 2 is 1.83 bits per heavy atom. The predicted octanol–water partition coefficient (Wildman–Crippen LogP) is 3.44. The van der Waals surface area contributed by atoms with Crippen LogP contribution in [0.1, 0.15) is 21.5 Å². The first-order valence-electron chi connectivity index (χ1n) is 8.85. The van der Waals surface area contributed by atoms with E-state index in [4.69, 9.17) is 4.74 Å². The van der Waals surface area contributed by atoms with E-state index in [0.717, 1.165) is 22.2 Å². The van der Waals surface area contributed by atoms with Crippen LogP contribution in [0, 0.1) is 5.82 Å². The van der Waals surface area contributed by atoms with Crippen molar-refractivity contribution in [2.75, 3.05) is 20.2 Å². The Morgan fingerprint density at radius 1 is 1.14 bits per heavy atom. The van der Waals surface area contributed by atoms with Crippen molar-refractivity contribution in [2.24, 2.45) is 0 Å². The normalized spacial score (nSPS) is 15.2. The minimum Gasteiger partial charge on any atom is -0.380 e. The highest BCUT2D eigenvalue weighted by molar-refractivity contribution is 8.18. The van der Waals surface area contributed by atoms with Crippen molar-refractivity contribution in [3.8, 4) is 0 Å². The molecule has 0 radical (unpaired) electrons. The molecule has 1 saturated heterocycles. The number of halogens is 1. The van der Waals surface area contributed by atoms with Crippen molar-refractivity contribution in [1.29, 1.82) is 0 Å². The van der Waals surface area contributed by atoms with Crippen molar-refractivity contribution < 1.29 is 23.5 Å². The van der Waals surface area contributed by atoms with Gasteiger partial charge in [0.15, 0.2) is 0 Å². The Kier molecular flexibility index (Phi) is 6.79. The number of carbonyl (C=O) groups excluding carboxylic acids is 3. The second-order valence-electron chi connectivity index (χ2n) is 6.27. The van der Waals surface area contributed by atoms with E-state index < -0.39 is 11.1 Å². The highest BCUT2D eigenvalue weighted by Gasteiger charge is 2.34. The molecule has 6 nitrogen and oxygen atoms in total. The number of imide groups is 1. The van der Waals surface area contributed by atoms with Crippen molar-refractivity contribution in [3.63, 3.8) is 0 Å². The quantitative estimate of drug-likeness (QED) is 0.703. The molecule has 1 N–H and O–H groups in total. The molecule has 0 atom stereocenters. The third-order valence-electron chi connectivity index (χ3n) is 4.19. The maximum Gasteiger partial charge on any atom is 0.293 e. The molecule has 1 heterocycles. The second-order valence-corrected chi connectivity index (χ2v) is 7.26. The number of nitrogens with one attached hydrogen (secondary N) is 1. The van der Waals surface area contributed by atoms with E-state index in [9.17, 15) is 18.8 Å². The summed E-state index contributed by atoms with van der Waals surface area (Å²) >= 11 is 0.822. The Hall–Kier alpha value is -2.97. The molecule has 2 aromatic rings. The van der Waals surface area contributed by atoms with Crippen LogP contribution in [0.3, 0.4) is 0 Å². The van der Waals surface area contributed by atoms with Gasteiger partial charge in [0.05, 0.1) is 11.5 Å². The molecule has 0 saturated carbocycles. The Bertz CT molecular complexity index is 942. The van der Waals surface area contributed by atoms with E-state index in [-0.39, 0.29) is 29.7 Å². The van der Waals surface area contributed by atoms with E-state index in [2.05, 4.69) is 5.32 Å². The Labute approximate surface area is 171 Å². The molecule has 1 aliphatic rings. The molecular formula is C21H19FN2O4S. The molecule has 29 heavy (non-hydrogen) atoms. The van der Waals surface area contributed by atoms with Crippen LogP contribution in [-0.2, 0) is 16.1 Å². The van der Waals surface area contributed by atoms with Gasteiger partial charge in [0.2, 0.25) is 0 Å². The summed E-state index contributed by atoms with van der Waals surface area (Å²) in [5, 5.41) is 2.30. The second kappa shape index (κ2) is 9.49. The third-order valence-corrected chi connectivity index (χ3v) is 5.10. The molecule has 150 valence electrons. The zero-order valence-electron chi connectivity index (χ0n) is 15.7. The summed E-state index contributed by atoms with van der Waals surface area (Å²) in [7, 11) is 1.60. The first-order valence-corrected chi connectivity index (χ1v) is 9.66. The van der Waals surface area contributed by atoms with Crippen LogP contribution >= 0.6 is 11.8 Å². The summed E-state index contributed by atoms with van der Waals surface area (Å²) in [6.45, 7) is 0.673. The molecule has 2 aromatic carbocycles. The fourth-order valence-corrected chi connectivity index (χ4v) is 3.57. The zero-order chi connectivity index (χ0) is 20.8. The van der Waals surface area contributed by atoms with Gasteiger partial charge in [0.1, 0.15) is 5.82 Å². The first-order chi connectivity index (χ1) is 14.0. The number of amides is 3. The standard InChI is InChI=1S/C21H19FN2O4S/c1-28-13-15-2-6-16(7-3-15)19(25)23-10-11-24-20(26)18(29-21(24)27)12-14-4-8-17(22)9-5-14/h2-9,12H,10-11,13H2,1H3,(H,23,25)/b18-12-. The van der Waals surface area contributed by atoms with Gasteiger partial charge in [-0.15, -0.1) is 0 Å². The summed E-state index contributed by atoms with van der Waals surface area (Å²) in [5.74, 6) is -1.09. The van der Waals surface area contributed by atoms with E-state index in [1.165, 1.54) is 24.3 Å². The van der Waals surface area contributed by atoms with Crippen LogP contribution in [0.25, 0.3) is 6.08 Å². The molecule has 3 amide bonds. The Balaban J connectivity index is 1.55. The number of hydrogen-bond donors (Lipinski definition) is 1. The Morgan fingerprint density at radius 3 is 2.48 bits per heavy atom. The van der Waals surface area contributed by atoms with Crippen LogP contribution in [0.2, 0.25) is 0 Å². The van der Waals surface area contributed by atoms with Gasteiger partial charge < -0.3 is 10.1 Å². The van der Waals surface area contributed by atoms with Crippen LogP contribution in [0.4, 0.5) is 9.18 Å². The molecule has 0 bridgehead atoms. The number of rotatable bonds is 7. The lowest BCUT2D eigenvalue weighted by Gasteiger charge is -2.13. The first kappa shape index (κ1) is 20.8. The molecule has 1 fully saturated rings. The maximum absolute atomic E-state index is 13.0. The molecular weight excluding hydrogens is 395 g/mol. The largest absolute Gasteiger partial charge is 0.380 e. The molecule has 0 unspecified atom stereocenters. The number of ether oxygens (including phenoxy) is 1. The SMILES string of the molecule is COCc1ccc(C(=O)NCCN2C(=O)S/C(=C\c3ccc(F)cc3)C2=O)cc1. The molecule has 3 rings (SSSR count). The number of methoxy groups -OCH3 is 1. The van der Waals surface area contributed by atoms with Gasteiger partial charge in [0, 0.05) is 25.8 Å². The molecule has 0 spiro atoms. The smallest absolute Gasteiger partial charge is 0.293 e. The van der Waals surface area contributed by atoms with E-state index in [1.807, 2.05) is 0 Å². The predicted molar refractivity (Wildman–Crippen MR) is 109 cm³/mol. The molecule has 0 aromatic heterocycles. The average molecular weight is 414 g/mol. The maximum atomic E-state index is 13.0. The highest BCUT2D eigenvalue weighted by Crippen LogP contribution is 2.31. The summed E-state index contributed by atoms with van der Waals surface area (Å²) in [6, 6.07) is 12.6. The van der Waals surface area contributed by atoms with Crippen molar-refractivity contribution in [1.82, 2.24) is 10.2 Å². The van der Waals surface area contributed by atoms with Crippen molar-refractivity contribution in [3.05, 3.63) is 75.9 Å². The van der Waals surface area contributed by atoms with Gasteiger partial charge in [-0.2, -0.15) is 0 Å². The van der Waals surface area contributed by atoms with Crippen LogP contribution in [0.15, 0.2) is 53.4 Å². The van der Waals surface area contributed by atoms with Crippen LogP contribution in [-0.4, -0.2) is 42.2 Å². The monoisotopic (exact) mass is 414 g/mol. The number of nitrogens with zero attached hydrogens (tertiary/aromatic N) is 1. The summed E-state index contributed by atoms with van der Waals surface area (Å²) in [6.07, 6.45) is 1.55. The third kappa shape index (κ3) is 5.30. The summed E-state index contributed by atoms with van der Waals surface area (Å²) in [5.41, 5.74) is 2.06. The average Bonchev–Trinajstić information content (AvgIpc) is 2.98. The lowest BCUT2D eigenvalue weighted by molar-refractivity contribution is -0.122. The topological polar surface area (TPSA) is 75.7 Å². The van der Waals surface area contributed by atoms with Gasteiger partial charge in [0.25, 0.3) is 17.1 Å². The van der Waals surface area contributed by atoms with E-state index in [0.29, 0.717) is 17.7 Å². The summed E-state index contributed by atoms with van der Waals surface area (Å²) in [4.78, 5) is 38.1. The molecule has 1 aliphatic heterocycles. The number of hydrogen-bond acceptors (Lipinski definition) is 5. The minimum atomic E-state index is -0.428. The van der Waals surface area contributed by atoms with Crippen LogP contribution in [0.5, 0.6) is 0 Å². The zero-order valence-corrected chi connectivity index (χ0v) is 16.5. The minimum absolute atomic E-state index is 0.0684. The van der Waals surface area contributed by atoms with Gasteiger partial charge in [-0.1, -0.05) is 24.3 Å². The van der Waals surface area contributed by atoms with Crippen molar-refractivity contribution in [2.45, 2.75) is 6.61 Å². The van der Waals surface area contributed by atoms with E-state index in [1.54, 1.807) is 37.5 Å². The lowest BCUT2D eigenvalue weighted by Crippen LogP contribution is -2.37. The van der Waals surface area contributed by atoms with Gasteiger partial charge >= 0.3 is 0 Å². The highest BCUT2D eigenvalue weighted by atomic mass is 32.2. The number of benzene rings is 2. The molecule has 8 heteroatoms.